The van der Waals surface area contributed by atoms with Crippen LogP contribution in [0.2, 0.25) is 0 Å². The maximum absolute atomic E-state index is 12.7. The quantitative estimate of drug-likeness (QED) is 0.884. The maximum Gasteiger partial charge on any atom is 0.274 e. The topological polar surface area (TPSA) is 62.3 Å². The fourth-order valence-corrected chi connectivity index (χ4v) is 3.40. The molecule has 1 aromatic carbocycles. The van der Waals surface area contributed by atoms with E-state index in [-0.39, 0.29) is 22.9 Å². The van der Waals surface area contributed by atoms with Crippen LogP contribution >= 0.6 is 0 Å². The minimum absolute atomic E-state index is 0.0266. The van der Waals surface area contributed by atoms with Crippen LogP contribution in [0.25, 0.3) is 0 Å². The lowest BCUT2D eigenvalue weighted by atomic mass is 9.86. The van der Waals surface area contributed by atoms with Crippen LogP contribution in [-0.4, -0.2) is 34.8 Å². The summed E-state index contributed by atoms with van der Waals surface area (Å²) in [6.07, 6.45) is 4.77. The molecule has 0 unspecified atom stereocenters. The molecular weight excluding hydrogens is 338 g/mol. The Kier molecular flexibility index (Phi) is 5.59. The molecule has 0 aliphatic carbocycles. The van der Waals surface area contributed by atoms with E-state index in [1.54, 1.807) is 12.1 Å². The molecule has 0 atom stereocenters. The smallest absolute Gasteiger partial charge is 0.274 e. The van der Waals surface area contributed by atoms with Crippen LogP contribution in [0.15, 0.2) is 42.6 Å². The Morgan fingerprint density at radius 3 is 2.44 bits per heavy atom. The first-order chi connectivity index (χ1) is 12.9. The van der Waals surface area contributed by atoms with Crippen LogP contribution in [0.4, 0.5) is 5.69 Å². The molecule has 3 rings (SSSR count). The van der Waals surface area contributed by atoms with Crippen molar-refractivity contribution >= 4 is 17.5 Å². The summed E-state index contributed by atoms with van der Waals surface area (Å²) in [6, 6.07) is 11.0. The van der Waals surface area contributed by atoms with Gasteiger partial charge in [0.25, 0.3) is 11.8 Å². The second-order valence-electron chi connectivity index (χ2n) is 8.03. The van der Waals surface area contributed by atoms with E-state index in [2.05, 4.69) is 31.1 Å². The van der Waals surface area contributed by atoms with Crippen molar-refractivity contribution < 1.29 is 9.59 Å². The molecule has 2 amide bonds. The fraction of sp³-hybridized carbons (Fsp3) is 0.409. The van der Waals surface area contributed by atoms with Crippen molar-refractivity contribution in [2.75, 3.05) is 18.4 Å². The third kappa shape index (κ3) is 4.54. The molecule has 5 heteroatoms. The Bertz CT molecular complexity index is 833. The summed E-state index contributed by atoms with van der Waals surface area (Å²) >= 11 is 0. The molecule has 2 aromatic rings. The van der Waals surface area contributed by atoms with Gasteiger partial charge in [0, 0.05) is 30.5 Å². The number of likely N-dealkylation sites (tertiary alicyclic amines) is 1. The molecule has 1 saturated heterocycles. The second kappa shape index (κ2) is 7.91. The van der Waals surface area contributed by atoms with E-state index in [0.29, 0.717) is 5.56 Å². The van der Waals surface area contributed by atoms with Gasteiger partial charge in [-0.1, -0.05) is 39.0 Å². The predicted molar refractivity (Wildman–Crippen MR) is 107 cm³/mol. The zero-order valence-electron chi connectivity index (χ0n) is 16.3. The first kappa shape index (κ1) is 19.1. The van der Waals surface area contributed by atoms with E-state index in [1.165, 1.54) is 12.6 Å². The zero-order chi connectivity index (χ0) is 19.4. The highest BCUT2D eigenvalue weighted by molar-refractivity contribution is 6.05. The van der Waals surface area contributed by atoms with Gasteiger partial charge in [0.2, 0.25) is 0 Å². The summed E-state index contributed by atoms with van der Waals surface area (Å²) in [4.78, 5) is 31.5. The molecule has 0 saturated carbocycles. The molecule has 0 spiro atoms. The Hall–Kier alpha value is -2.69. The third-order valence-electron chi connectivity index (χ3n) is 4.87. The number of nitrogens with zero attached hydrogens (tertiary/aromatic N) is 2. The largest absolute Gasteiger partial charge is 0.339 e. The van der Waals surface area contributed by atoms with Crippen molar-refractivity contribution in [2.24, 2.45) is 0 Å². The molecule has 27 heavy (non-hydrogen) atoms. The number of pyridine rings is 1. The van der Waals surface area contributed by atoms with Gasteiger partial charge in [0.15, 0.2) is 0 Å². The number of carbonyl (C=O) groups is 2. The van der Waals surface area contributed by atoms with Gasteiger partial charge in [-0.2, -0.15) is 0 Å². The van der Waals surface area contributed by atoms with Gasteiger partial charge in [-0.15, -0.1) is 0 Å². The number of aromatic nitrogens is 1. The summed E-state index contributed by atoms with van der Waals surface area (Å²) < 4.78 is 0. The standard InChI is InChI=1S/C22H27N3O2/c1-22(2,3)17-9-5-6-10-18(17)24-20(26)19-15-16(11-12-23-19)21(27)25-13-7-4-8-14-25/h5-6,9-12,15H,4,7-8,13-14H2,1-3H3,(H,24,26). The molecule has 142 valence electrons. The van der Waals surface area contributed by atoms with E-state index in [1.807, 2.05) is 29.2 Å². The third-order valence-corrected chi connectivity index (χ3v) is 4.87. The highest BCUT2D eigenvalue weighted by Gasteiger charge is 2.21. The lowest BCUT2D eigenvalue weighted by molar-refractivity contribution is 0.0724. The average molecular weight is 365 g/mol. The first-order valence-electron chi connectivity index (χ1n) is 9.52. The molecule has 0 bridgehead atoms. The van der Waals surface area contributed by atoms with Gasteiger partial charge in [-0.05, 0) is 48.4 Å². The summed E-state index contributed by atoms with van der Waals surface area (Å²) in [7, 11) is 0. The second-order valence-corrected chi connectivity index (χ2v) is 8.03. The van der Waals surface area contributed by atoms with Crippen molar-refractivity contribution in [2.45, 2.75) is 45.4 Å². The summed E-state index contributed by atoms with van der Waals surface area (Å²) in [5, 5.41) is 2.95. The van der Waals surface area contributed by atoms with E-state index in [9.17, 15) is 9.59 Å². The van der Waals surface area contributed by atoms with Crippen LogP contribution < -0.4 is 5.32 Å². The number of anilines is 1. The van der Waals surface area contributed by atoms with Crippen LogP contribution in [-0.2, 0) is 5.41 Å². The fourth-order valence-electron chi connectivity index (χ4n) is 3.40. The van der Waals surface area contributed by atoms with E-state index >= 15 is 0 Å². The SMILES string of the molecule is CC(C)(C)c1ccccc1NC(=O)c1cc(C(=O)N2CCCCC2)ccn1. The first-order valence-corrected chi connectivity index (χ1v) is 9.52. The van der Waals surface area contributed by atoms with Gasteiger partial charge in [-0.3, -0.25) is 14.6 Å². The van der Waals surface area contributed by atoms with Gasteiger partial charge in [-0.25, -0.2) is 0 Å². The van der Waals surface area contributed by atoms with Crippen LogP contribution in [0.5, 0.6) is 0 Å². The average Bonchev–Trinajstić information content (AvgIpc) is 2.68. The minimum atomic E-state index is -0.306. The molecule has 1 aliphatic heterocycles. The minimum Gasteiger partial charge on any atom is -0.339 e. The van der Waals surface area contributed by atoms with E-state index < -0.39 is 0 Å². The van der Waals surface area contributed by atoms with Crippen LogP contribution in [0.3, 0.4) is 0 Å². The molecule has 1 aromatic heterocycles. The number of amides is 2. The zero-order valence-corrected chi connectivity index (χ0v) is 16.3. The molecule has 2 heterocycles. The number of carbonyl (C=O) groups excluding carboxylic acids is 2. The number of hydrogen-bond acceptors (Lipinski definition) is 3. The Morgan fingerprint density at radius 2 is 1.74 bits per heavy atom. The van der Waals surface area contributed by atoms with Gasteiger partial charge < -0.3 is 10.2 Å². The number of piperidine rings is 1. The Balaban J connectivity index is 1.79. The maximum atomic E-state index is 12.7. The summed E-state index contributed by atoms with van der Waals surface area (Å²) in [6.45, 7) is 7.87. The molecule has 0 radical (unpaired) electrons. The highest BCUT2D eigenvalue weighted by atomic mass is 16.2. The van der Waals surface area contributed by atoms with Gasteiger partial charge >= 0.3 is 0 Å². The normalized spacial score (nSPS) is 14.7. The Labute approximate surface area is 160 Å². The predicted octanol–water partition coefficient (Wildman–Crippen LogP) is 4.26. The van der Waals surface area contributed by atoms with Crippen LogP contribution in [0.1, 0.15) is 66.4 Å². The van der Waals surface area contributed by atoms with Crippen molar-refractivity contribution in [1.82, 2.24) is 9.88 Å². The van der Waals surface area contributed by atoms with Crippen molar-refractivity contribution in [3.05, 3.63) is 59.4 Å². The molecular formula is C22H27N3O2. The number of nitrogens with one attached hydrogen (secondary N) is 1. The van der Waals surface area contributed by atoms with Crippen molar-refractivity contribution in [3.63, 3.8) is 0 Å². The monoisotopic (exact) mass is 365 g/mol. The lowest BCUT2D eigenvalue weighted by Gasteiger charge is -2.26. The highest BCUT2D eigenvalue weighted by Crippen LogP contribution is 2.29. The van der Waals surface area contributed by atoms with E-state index in [4.69, 9.17) is 0 Å². The van der Waals surface area contributed by atoms with Gasteiger partial charge in [0.05, 0.1) is 0 Å². The molecule has 1 N–H and O–H groups in total. The van der Waals surface area contributed by atoms with Crippen LogP contribution in [0, 0.1) is 0 Å². The molecule has 5 nitrogen and oxygen atoms in total. The number of para-hydroxylation sites is 1. The number of rotatable bonds is 3. The van der Waals surface area contributed by atoms with E-state index in [0.717, 1.165) is 37.2 Å². The van der Waals surface area contributed by atoms with Crippen molar-refractivity contribution in [3.8, 4) is 0 Å². The summed E-state index contributed by atoms with van der Waals surface area (Å²) in [5.41, 5.74) is 2.50. The number of hydrogen-bond donors (Lipinski definition) is 1. The molecule has 1 aliphatic rings. The summed E-state index contributed by atoms with van der Waals surface area (Å²) in [5.74, 6) is -0.332. The number of benzene rings is 1. The Morgan fingerprint density at radius 1 is 1.04 bits per heavy atom. The van der Waals surface area contributed by atoms with Gasteiger partial charge in [0.1, 0.15) is 5.69 Å². The lowest BCUT2D eigenvalue weighted by Crippen LogP contribution is -2.35. The molecule has 1 fully saturated rings. The van der Waals surface area contributed by atoms with Crippen molar-refractivity contribution in [1.29, 1.82) is 0 Å².